The van der Waals surface area contributed by atoms with Gasteiger partial charge in [0.15, 0.2) is 4.34 Å². The molecule has 5 nitrogen and oxygen atoms in total. The van der Waals surface area contributed by atoms with Crippen molar-refractivity contribution in [3.05, 3.63) is 54.9 Å². The van der Waals surface area contributed by atoms with Gasteiger partial charge in [0.25, 0.3) is 5.91 Å². The molecule has 0 radical (unpaired) electrons. The number of aliphatic hydroxyl groups is 1. The Labute approximate surface area is 164 Å². The number of thiazole rings is 1. The first-order valence-electron chi connectivity index (χ1n) is 8.54. The van der Waals surface area contributed by atoms with Gasteiger partial charge in [-0.25, -0.2) is 4.98 Å². The summed E-state index contributed by atoms with van der Waals surface area (Å²) in [4.78, 5) is 20.7. The smallest absolute Gasteiger partial charge is 0.258 e. The predicted molar refractivity (Wildman–Crippen MR) is 111 cm³/mol. The highest BCUT2D eigenvalue weighted by Gasteiger charge is 2.14. The van der Waals surface area contributed by atoms with Crippen LogP contribution in [0.5, 0.6) is 0 Å². The molecule has 0 saturated carbocycles. The first kappa shape index (κ1) is 17.9. The van der Waals surface area contributed by atoms with E-state index in [2.05, 4.69) is 32.9 Å². The third kappa shape index (κ3) is 3.66. The molecule has 136 valence electrons. The van der Waals surface area contributed by atoms with E-state index in [1.165, 1.54) is 11.3 Å². The highest BCUT2D eigenvalue weighted by atomic mass is 32.2. The third-order valence-corrected chi connectivity index (χ3v) is 6.18. The van der Waals surface area contributed by atoms with Gasteiger partial charge in [-0.2, -0.15) is 0 Å². The molecule has 0 saturated heterocycles. The van der Waals surface area contributed by atoms with Crippen LogP contribution in [0.1, 0.15) is 13.3 Å². The van der Waals surface area contributed by atoms with Crippen LogP contribution in [-0.4, -0.2) is 27.1 Å². The van der Waals surface area contributed by atoms with Gasteiger partial charge in [0, 0.05) is 35.3 Å². The van der Waals surface area contributed by atoms with E-state index in [1.54, 1.807) is 6.92 Å². The van der Waals surface area contributed by atoms with Crippen molar-refractivity contribution in [1.82, 2.24) is 14.7 Å². The van der Waals surface area contributed by atoms with Crippen molar-refractivity contribution in [3.63, 3.8) is 0 Å². The summed E-state index contributed by atoms with van der Waals surface area (Å²) in [6.45, 7) is 1.76. The number of carbonyl (C=O) groups excluding carboxylic acids is 1. The van der Waals surface area contributed by atoms with Crippen LogP contribution in [0.2, 0.25) is 0 Å². The van der Waals surface area contributed by atoms with Crippen LogP contribution in [0.4, 0.5) is 0 Å². The number of nitrogens with one attached hydrogen (secondary N) is 1. The molecule has 27 heavy (non-hydrogen) atoms. The fourth-order valence-corrected chi connectivity index (χ4v) is 4.52. The number of carbonyl (C=O) groups is 1. The zero-order valence-corrected chi connectivity index (χ0v) is 16.2. The Hall–Kier alpha value is -2.48. The van der Waals surface area contributed by atoms with Crippen molar-refractivity contribution in [3.8, 4) is 11.1 Å². The normalized spacial score (nSPS) is 12.4. The van der Waals surface area contributed by atoms with Crippen molar-refractivity contribution in [2.24, 2.45) is 0 Å². The van der Waals surface area contributed by atoms with Gasteiger partial charge < -0.3 is 5.11 Å². The predicted octanol–water partition coefficient (Wildman–Crippen LogP) is 4.41. The standard InChI is InChI=1S/C20H17N3O2S2/c1-2-17(24)19(25)23-27-20-22-16-9-12(7-8-18(16)26-20)15-11-21-10-13-5-3-4-6-14(13)15/h3-11,17,24H,2H2,1H3,(H,23,25). The first-order chi connectivity index (χ1) is 13.2. The quantitative estimate of drug-likeness (QED) is 0.490. The Bertz CT molecular complexity index is 1120. The lowest BCUT2D eigenvalue weighted by atomic mass is 10.0. The molecule has 0 fully saturated rings. The van der Waals surface area contributed by atoms with Crippen molar-refractivity contribution in [2.45, 2.75) is 23.8 Å². The van der Waals surface area contributed by atoms with Gasteiger partial charge >= 0.3 is 0 Å². The third-order valence-electron chi connectivity index (χ3n) is 4.28. The minimum absolute atomic E-state index is 0.384. The number of nitrogens with zero attached hydrogens (tertiary/aromatic N) is 2. The summed E-state index contributed by atoms with van der Waals surface area (Å²) >= 11 is 2.64. The molecule has 2 aromatic heterocycles. The van der Waals surface area contributed by atoms with E-state index in [9.17, 15) is 9.90 Å². The summed E-state index contributed by atoms with van der Waals surface area (Å²) in [6.07, 6.45) is 3.13. The number of hydrogen-bond acceptors (Lipinski definition) is 6. The van der Waals surface area contributed by atoms with Crippen LogP contribution in [0, 0.1) is 0 Å². The summed E-state index contributed by atoms with van der Waals surface area (Å²) in [7, 11) is 0. The second-order valence-corrected chi connectivity index (χ2v) is 8.15. The molecule has 2 N–H and O–H groups in total. The summed E-state index contributed by atoms with van der Waals surface area (Å²) < 4.78 is 4.42. The molecule has 0 aliphatic rings. The van der Waals surface area contributed by atoms with E-state index >= 15 is 0 Å². The molecule has 4 rings (SSSR count). The largest absolute Gasteiger partial charge is 0.383 e. The van der Waals surface area contributed by atoms with Crippen LogP contribution in [-0.2, 0) is 4.79 Å². The van der Waals surface area contributed by atoms with Crippen molar-refractivity contribution >= 4 is 50.2 Å². The average molecular weight is 396 g/mol. The Morgan fingerprint density at radius 2 is 2.11 bits per heavy atom. The zero-order chi connectivity index (χ0) is 18.8. The van der Waals surface area contributed by atoms with Gasteiger partial charge in [0.2, 0.25) is 0 Å². The summed E-state index contributed by atoms with van der Waals surface area (Å²) in [6, 6.07) is 14.3. The Morgan fingerprint density at radius 3 is 2.96 bits per heavy atom. The number of fused-ring (bicyclic) bond motifs is 2. The SMILES string of the molecule is CCC(O)C(=O)NSc1nc2cc(-c3cncc4ccccc34)ccc2s1. The molecular formula is C20H17N3O2S2. The van der Waals surface area contributed by atoms with E-state index in [0.29, 0.717) is 6.42 Å². The summed E-state index contributed by atoms with van der Waals surface area (Å²) in [5.74, 6) is -0.399. The van der Waals surface area contributed by atoms with Gasteiger partial charge in [-0.15, -0.1) is 11.3 Å². The first-order valence-corrected chi connectivity index (χ1v) is 10.2. The summed E-state index contributed by atoms with van der Waals surface area (Å²) in [5, 5.41) is 11.8. The molecule has 0 aliphatic heterocycles. The van der Waals surface area contributed by atoms with E-state index in [-0.39, 0.29) is 0 Å². The fourth-order valence-electron chi connectivity index (χ4n) is 2.81. The molecule has 2 aromatic carbocycles. The maximum Gasteiger partial charge on any atom is 0.258 e. The van der Waals surface area contributed by atoms with Gasteiger partial charge in [0.1, 0.15) is 6.10 Å². The highest BCUT2D eigenvalue weighted by molar-refractivity contribution is 7.99. The fraction of sp³-hybridized carbons (Fsp3) is 0.150. The lowest BCUT2D eigenvalue weighted by Gasteiger charge is -2.06. The molecule has 0 bridgehead atoms. The number of amides is 1. The molecule has 2 heterocycles. The van der Waals surface area contributed by atoms with Crippen LogP contribution >= 0.6 is 23.3 Å². The second-order valence-electron chi connectivity index (χ2n) is 6.06. The zero-order valence-electron chi connectivity index (χ0n) is 14.5. The average Bonchev–Trinajstić information content (AvgIpc) is 3.13. The molecule has 1 unspecified atom stereocenters. The van der Waals surface area contributed by atoms with Gasteiger partial charge in [0.05, 0.1) is 10.2 Å². The van der Waals surface area contributed by atoms with Gasteiger partial charge in [-0.3, -0.25) is 14.5 Å². The van der Waals surface area contributed by atoms with Gasteiger partial charge in [-0.1, -0.05) is 37.3 Å². The Balaban J connectivity index is 1.64. The van der Waals surface area contributed by atoms with Crippen molar-refractivity contribution in [1.29, 1.82) is 0 Å². The topological polar surface area (TPSA) is 75.1 Å². The Morgan fingerprint density at radius 1 is 1.26 bits per heavy atom. The van der Waals surface area contributed by atoms with E-state index in [1.807, 2.05) is 36.7 Å². The second kappa shape index (κ2) is 7.64. The van der Waals surface area contributed by atoms with Gasteiger partial charge in [-0.05, 0) is 29.5 Å². The van der Waals surface area contributed by atoms with Crippen LogP contribution in [0.25, 0.3) is 32.1 Å². The molecule has 4 aromatic rings. The number of aliphatic hydroxyl groups excluding tert-OH is 1. The van der Waals surface area contributed by atoms with E-state index < -0.39 is 12.0 Å². The Kier molecular flexibility index (Phi) is 5.07. The minimum atomic E-state index is -0.989. The maximum absolute atomic E-state index is 11.7. The molecular weight excluding hydrogens is 378 g/mol. The highest BCUT2D eigenvalue weighted by Crippen LogP contribution is 2.33. The number of aromatic nitrogens is 2. The van der Waals surface area contributed by atoms with E-state index in [0.717, 1.165) is 48.4 Å². The summed E-state index contributed by atoms with van der Waals surface area (Å²) in [5.41, 5.74) is 2.99. The minimum Gasteiger partial charge on any atom is -0.383 e. The molecule has 1 amide bonds. The molecule has 1 atom stereocenters. The molecule has 0 aliphatic carbocycles. The number of pyridine rings is 1. The van der Waals surface area contributed by atoms with Crippen LogP contribution in [0.3, 0.4) is 0 Å². The van der Waals surface area contributed by atoms with E-state index in [4.69, 9.17) is 0 Å². The molecule has 7 heteroatoms. The maximum atomic E-state index is 11.7. The van der Waals surface area contributed by atoms with Crippen LogP contribution in [0.15, 0.2) is 59.2 Å². The monoisotopic (exact) mass is 395 g/mol. The molecule has 0 spiro atoms. The lowest BCUT2D eigenvalue weighted by Crippen LogP contribution is -2.29. The number of hydrogen-bond donors (Lipinski definition) is 2. The number of rotatable bonds is 5. The van der Waals surface area contributed by atoms with Crippen molar-refractivity contribution in [2.75, 3.05) is 0 Å². The van der Waals surface area contributed by atoms with Crippen molar-refractivity contribution < 1.29 is 9.90 Å². The van der Waals surface area contributed by atoms with Crippen LogP contribution < -0.4 is 4.72 Å². The number of benzene rings is 2. The lowest BCUT2D eigenvalue weighted by molar-refractivity contribution is -0.127.